The van der Waals surface area contributed by atoms with Gasteiger partial charge in [0.25, 0.3) is 0 Å². The topological polar surface area (TPSA) is 242 Å². The summed E-state index contributed by atoms with van der Waals surface area (Å²) in [5.74, 6) is -3.34. The number of rotatable bonds is 6. The number of carbonyl (C=O) groups is 2. The number of fused-ring (bicyclic) bond motifs is 7. The Morgan fingerprint density at radius 2 is 1.55 bits per heavy atom. The third kappa shape index (κ3) is 5.96. The van der Waals surface area contributed by atoms with Crippen molar-refractivity contribution >= 4 is 11.8 Å². The van der Waals surface area contributed by atoms with Crippen molar-refractivity contribution in [3.8, 4) is 0 Å². The largest absolute Gasteiger partial charge is 0.479 e. The summed E-state index contributed by atoms with van der Waals surface area (Å²) in [5, 5.41) is 84.7. The first-order valence-electron chi connectivity index (χ1n) is 20.3. The average Bonchev–Trinajstić information content (AvgIpc) is 3.12. The number of aliphatic hydroxyl groups excluding tert-OH is 7. The molecule has 56 heavy (non-hydrogen) atoms. The van der Waals surface area contributed by atoms with Crippen LogP contribution in [0.25, 0.3) is 0 Å². The summed E-state index contributed by atoms with van der Waals surface area (Å²) >= 11 is 0. The molecule has 3 aliphatic heterocycles. The fourth-order valence-corrected chi connectivity index (χ4v) is 12.9. The number of carboxylic acids is 1. The summed E-state index contributed by atoms with van der Waals surface area (Å²) in [4.78, 5) is 25.9. The molecule has 6 fully saturated rings. The molecule has 3 saturated heterocycles. The van der Waals surface area contributed by atoms with Gasteiger partial charge in [-0.25, -0.2) is 4.79 Å². The van der Waals surface area contributed by atoms with Gasteiger partial charge in [0.15, 0.2) is 24.5 Å². The van der Waals surface area contributed by atoms with Crippen molar-refractivity contribution in [2.45, 2.75) is 173 Å². The van der Waals surface area contributed by atoms with Crippen molar-refractivity contribution in [2.24, 2.45) is 44.8 Å². The molecule has 7 rings (SSSR count). The van der Waals surface area contributed by atoms with Crippen LogP contribution < -0.4 is 0 Å². The fraction of sp³-hybridized carbons (Fsp3) is 0.902. The Hall–Kier alpha value is -1.60. The first kappa shape index (κ1) is 42.5. The number of hydrogen-bond acceptors (Lipinski definition) is 14. The minimum absolute atomic E-state index is 0.0827. The Morgan fingerprint density at radius 3 is 2.20 bits per heavy atom. The fourth-order valence-electron chi connectivity index (χ4n) is 12.9. The third-order valence-electron chi connectivity index (χ3n) is 16.5. The SMILES string of the molecule is CC1(C)CC(=O)[C@]2(C)CO[C@]3(C)C(=CC[C@H]4[C@@]5(C)CC[C@@H](O[C@@]6(C)O[C@H](C(=O)O)[C@@H](O)[C@H](O)[C@H]6O[C@@H]6O[C@H](O)[C@@H](O)[C@H](O)[C@H]6O)[C@](C)(CO)[C@@H]5CC[C@]43C)[C@@H]2C1. The second-order valence-electron chi connectivity index (χ2n) is 20.3. The maximum absolute atomic E-state index is 13.6. The van der Waals surface area contributed by atoms with Gasteiger partial charge in [0.1, 0.15) is 42.4 Å². The Labute approximate surface area is 328 Å². The van der Waals surface area contributed by atoms with Crippen LogP contribution in [-0.2, 0) is 33.3 Å². The smallest absolute Gasteiger partial charge is 0.335 e. The number of carbonyl (C=O) groups excluding carboxylic acids is 1. The van der Waals surface area contributed by atoms with E-state index in [9.17, 15) is 50.4 Å². The molecule has 0 radical (unpaired) electrons. The van der Waals surface area contributed by atoms with Crippen LogP contribution in [0.5, 0.6) is 0 Å². The predicted molar refractivity (Wildman–Crippen MR) is 195 cm³/mol. The number of aliphatic hydroxyl groups is 7. The van der Waals surface area contributed by atoms with Gasteiger partial charge in [-0.15, -0.1) is 0 Å². The number of aliphatic carboxylic acids is 1. The summed E-state index contributed by atoms with van der Waals surface area (Å²) in [6.45, 7) is 16.6. The molecular weight excluding hydrogens is 732 g/mol. The van der Waals surface area contributed by atoms with E-state index >= 15 is 0 Å². The quantitative estimate of drug-likeness (QED) is 0.140. The highest BCUT2D eigenvalue weighted by molar-refractivity contribution is 5.87. The van der Waals surface area contributed by atoms with E-state index in [2.05, 4.69) is 47.6 Å². The lowest BCUT2D eigenvalue weighted by molar-refractivity contribution is -0.419. The second-order valence-corrected chi connectivity index (χ2v) is 20.3. The van der Waals surface area contributed by atoms with Crippen molar-refractivity contribution in [1.29, 1.82) is 0 Å². The molecule has 0 aromatic rings. The standard InChI is InChI=1S/C41H64O15/c1-35(2)15-20-19-9-10-22-36(3)13-12-24(37(4,17-42)21(36)11-14-39(22,6)40(19,7)52-18-38(20,5)23(43)16-35)55-41(8)31(27(46)26(45)30(56-41)32(49)50)53-34-29(48)25(44)28(47)33(51)54-34/h9,20-22,24-31,33-34,42,44-48,51H,10-18H2,1-8H3,(H,49,50)/t20-,21+,22-,24+,25-,26-,27-,28-,29+,30-,31+,33-,34+,36-,37+,38+,39+,40+,41-/m0/s1. The Bertz CT molecular complexity index is 1600. The van der Waals surface area contributed by atoms with Crippen LogP contribution in [0, 0.1) is 44.8 Å². The van der Waals surface area contributed by atoms with Crippen LogP contribution in [0.1, 0.15) is 100 Å². The number of ether oxygens (including phenoxy) is 5. The molecule has 318 valence electrons. The Morgan fingerprint density at radius 1 is 0.875 bits per heavy atom. The van der Waals surface area contributed by atoms with Gasteiger partial charge in [-0.1, -0.05) is 40.7 Å². The number of hydrogen-bond donors (Lipinski definition) is 8. The van der Waals surface area contributed by atoms with E-state index in [1.807, 2.05) is 6.92 Å². The maximum Gasteiger partial charge on any atom is 0.335 e. The average molecular weight is 797 g/mol. The van der Waals surface area contributed by atoms with Crippen molar-refractivity contribution in [3.05, 3.63) is 11.6 Å². The lowest BCUT2D eigenvalue weighted by Gasteiger charge is -2.71. The normalized spacial score (nSPS) is 55.5. The van der Waals surface area contributed by atoms with Crippen LogP contribution in [0.2, 0.25) is 0 Å². The molecule has 15 heteroatoms. The van der Waals surface area contributed by atoms with E-state index in [-0.39, 0.29) is 46.4 Å². The lowest BCUT2D eigenvalue weighted by atomic mass is 9.37. The van der Waals surface area contributed by atoms with Gasteiger partial charge in [-0.2, -0.15) is 0 Å². The lowest BCUT2D eigenvalue weighted by Crippen LogP contribution is -2.71. The highest BCUT2D eigenvalue weighted by atomic mass is 16.8. The van der Waals surface area contributed by atoms with Gasteiger partial charge >= 0.3 is 5.97 Å². The van der Waals surface area contributed by atoms with Crippen molar-refractivity contribution < 1.29 is 74.1 Å². The molecule has 3 saturated carbocycles. The molecule has 3 heterocycles. The molecule has 0 aromatic heterocycles. The van der Waals surface area contributed by atoms with E-state index in [1.165, 1.54) is 12.5 Å². The van der Waals surface area contributed by atoms with E-state index in [1.54, 1.807) is 0 Å². The zero-order valence-electron chi connectivity index (χ0n) is 33.9. The predicted octanol–water partition coefficient (Wildman–Crippen LogP) is 1.40. The van der Waals surface area contributed by atoms with Gasteiger partial charge in [0.2, 0.25) is 0 Å². The van der Waals surface area contributed by atoms with Crippen LogP contribution in [0.4, 0.5) is 0 Å². The zero-order valence-corrected chi connectivity index (χ0v) is 33.9. The highest BCUT2D eigenvalue weighted by Crippen LogP contribution is 2.72. The molecule has 8 N–H and O–H groups in total. The number of allylic oxidation sites excluding steroid dienone is 1. The van der Waals surface area contributed by atoms with E-state index in [0.717, 1.165) is 19.3 Å². The minimum atomic E-state index is -2.14. The van der Waals surface area contributed by atoms with Gasteiger partial charge < -0.3 is 64.5 Å². The summed E-state index contributed by atoms with van der Waals surface area (Å²) < 4.78 is 30.7. The first-order chi connectivity index (χ1) is 25.8. The first-order valence-corrected chi connectivity index (χ1v) is 20.3. The summed E-state index contributed by atoms with van der Waals surface area (Å²) in [6, 6.07) is 0. The van der Waals surface area contributed by atoms with Crippen molar-refractivity contribution in [2.75, 3.05) is 13.2 Å². The summed E-state index contributed by atoms with van der Waals surface area (Å²) in [7, 11) is 0. The number of ketones is 1. The Balaban J connectivity index is 1.20. The van der Waals surface area contributed by atoms with Gasteiger partial charge in [0, 0.05) is 17.3 Å². The number of carboxylic acid groups (broad SMARTS) is 1. The van der Waals surface area contributed by atoms with Crippen LogP contribution in [0.3, 0.4) is 0 Å². The third-order valence-corrected chi connectivity index (χ3v) is 16.5. The number of Topliss-reactive ketones (excluding diaryl/α,β-unsaturated/α-hetero) is 1. The molecule has 19 atom stereocenters. The second kappa shape index (κ2) is 13.7. The van der Waals surface area contributed by atoms with E-state index in [0.29, 0.717) is 32.3 Å². The Kier molecular flexibility index (Phi) is 10.4. The monoisotopic (exact) mass is 796 g/mol. The zero-order chi connectivity index (χ0) is 41.3. The highest BCUT2D eigenvalue weighted by Gasteiger charge is 2.71. The summed E-state index contributed by atoms with van der Waals surface area (Å²) in [6.07, 6.45) is -10.9. The molecular formula is C41H64O15. The molecule has 0 unspecified atom stereocenters. The van der Waals surface area contributed by atoms with E-state index < -0.39 is 89.6 Å². The van der Waals surface area contributed by atoms with Gasteiger partial charge in [-0.05, 0) is 93.5 Å². The molecule has 0 bridgehead atoms. The molecule has 0 amide bonds. The maximum atomic E-state index is 13.6. The van der Waals surface area contributed by atoms with Crippen LogP contribution >= 0.6 is 0 Å². The molecule has 4 aliphatic carbocycles. The molecule has 0 aromatic carbocycles. The molecule has 15 nitrogen and oxygen atoms in total. The van der Waals surface area contributed by atoms with Crippen LogP contribution in [-0.4, -0.2) is 139 Å². The van der Waals surface area contributed by atoms with E-state index in [4.69, 9.17) is 23.7 Å². The van der Waals surface area contributed by atoms with Gasteiger partial charge in [0.05, 0.1) is 30.3 Å². The minimum Gasteiger partial charge on any atom is -0.479 e. The van der Waals surface area contributed by atoms with Crippen molar-refractivity contribution in [1.82, 2.24) is 0 Å². The van der Waals surface area contributed by atoms with Crippen LogP contribution in [0.15, 0.2) is 11.6 Å². The van der Waals surface area contributed by atoms with Gasteiger partial charge in [-0.3, -0.25) is 4.79 Å². The summed E-state index contributed by atoms with van der Waals surface area (Å²) in [5.41, 5.74) is -1.60. The molecule has 0 spiro atoms. The van der Waals surface area contributed by atoms with Crippen molar-refractivity contribution in [3.63, 3.8) is 0 Å². The molecule has 7 aliphatic rings.